The first-order valence-electron chi connectivity index (χ1n) is 18.4. The van der Waals surface area contributed by atoms with Crippen molar-refractivity contribution in [1.82, 2.24) is 24.9 Å². The van der Waals surface area contributed by atoms with E-state index in [9.17, 15) is 0 Å². The molecule has 4 heterocycles. The molecule has 0 atom stereocenters. The Hall–Kier alpha value is -6.93. The molecule has 0 saturated heterocycles. The minimum absolute atomic E-state index is 0.613. The number of rotatable bonds is 6. The van der Waals surface area contributed by atoms with Crippen LogP contribution in [0.5, 0.6) is 0 Å². The van der Waals surface area contributed by atoms with E-state index in [1.54, 1.807) is 0 Å². The highest BCUT2D eigenvalue weighted by molar-refractivity contribution is 7.26. The molecular formula is C49H29N5S2. The molecule has 0 fully saturated rings. The third kappa shape index (κ3) is 5.82. The van der Waals surface area contributed by atoms with Gasteiger partial charge in [0.2, 0.25) is 0 Å². The van der Waals surface area contributed by atoms with Crippen molar-refractivity contribution >= 4 is 63.0 Å². The van der Waals surface area contributed by atoms with Crippen molar-refractivity contribution < 1.29 is 0 Å². The molecule has 11 aromatic rings. The Bertz CT molecular complexity index is 3130. The Labute approximate surface area is 330 Å². The summed E-state index contributed by atoms with van der Waals surface area (Å²) in [6, 6.07) is 58.5. The van der Waals surface area contributed by atoms with Gasteiger partial charge in [-0.05, 0) is 89.0 Å². The molecule has 0 bridgehead atoms. The van der Waals surface area contributed by atoms with Gasteiger partial charge in [0, 0.05) is 62.6 Å². The van der Waals surface area contributed by atoms with E-state index in [-0.39, 0.29) is 0 Å². The number of nitrogens with zero attached hydrogens (tertiary/aromatic N) is 5. The molecule has 56 heavy (non-hydrogen) atoms. The maximum absolute atomic E-state index is 5.27. The van der Waals surface area contributed by atoms with Crippen LogP contribution in [0.4, 0.5) is 0 Å². The Kier molecular flexibility index (Phi) is 7.79. The zero-order valence-electron chi connectivity index (χ0n) is 29.8. The lowest BCUT2D eigenvalue weighted by atomic mass is 9.93. The molecule has 0 aliphatic heterocycles. The number of benzene rings is 7. The lowest BCUT2D eigenvalue weighted by molar-refractivity contribution is 1.06. The van der Waals surface area contributed by atoms with Gasteiger partial charge in [-0.25, -0.2) is 24.9 Å². The fourth-order valence-electron chi connectivity index (χ4n) is 7.59. The second-order valence-electron chi connectivity index (χ2n) is 13.8. The van der Waals surface area contributed by atoms with Crippen molar-refractivity contribution in [2.24, 2.45) is 0 Å². The Morgan fingerprint density at radius 1 is 0.304 bits per heavy atom. The highest BCUT2D eigenvalue weighted by Gasteiger charge is 2.16. The number of aromatic nitrogens is 5. The van der Waals surface area contributed by atoms with E-state index < -0.39 is 0 Å². The largest absolute Gasteiger partial charge is 0.228 e. The minimum atomic E-state index is 0.613. The minimum Gasteiger partial charge on any atom is -0.228 e. The molecule has 0 N–H and O–H groups in total. The van der Waals surface area contributed by atoms with Crippen LogP contribution in [-0.4, -0.2) is 24.9 Å². The smallest absolute Gasteiger partial charge is 0.162 e. The van der Waals surface area contributed by atoms with Gasteiger partial charge in [-0.2, -0.15) is 0 Å². The molecule has 0 aliphatic carbocycles. The summed E-state index contributed by atoms with van der Waals surface area (Å²) in [5, 5.41) is 5.12. The molecule has 11 rings (SSSR count). The number of fused-ring (bicyclic) bond motifs is 6. The summed E-state index contributed by atoms with van der Waals surface area (Å²) in [7, 11) is 0. The second-order valence-corrected chi connectivity index (χ2v) is 16.0. The van der Waals surface area contributed by atoms with Gasteiger partial charge < -0.3 is 0 Å². The monoisotopic (exact) mass is 751 g/mol. The molecule has 0 radical (unpaired) electrons. The van der Waals surface area contributed by atoms with Crippen molar-refractivity contribution in [1.29, 1.82) is 0 Å². The van der Waals surface area contributed by atoms with Crippen LogP contribution in [-0.2, 0) is 0 Å². The van der Waals surface area contributed by atoms with Crippen LogP contribution in [0.2, 0.25) is 0 Å². The molecule has 262 valence electrons. The molecular weight excluding hydrogens is 723 g/mol. The first-order chi connectivity index (χ1) is 27.7. The topological polar surface area (TPSA) is 64.5 Å². The fourth-order valence-corrected chi connectivity index (χ4v) is 9.76. The molecule has 7 heteroatoms. The summed E-state index contributed by atoms with van der Waals surface area (Å²) in [5.74, 6) is 1.27. The fraction of sp³-hybridized carbons (Fsp3) is 0. The Balaban J connectivity index is 1.13. The average molecular weight is 752 g/mol. The lowest BCUT2D eigenvalue weighted by Gasteiger charge is -2.14. The van der Waals surface area contributed by atoms with E-state index in [4.69, 9.17) is 9.97 Å². The van der Waals surface area contributed by atoms with E-state index >= 15 is 0 Å². The zero-order valence-corrected chi connectivity index (χ0v) is 31.4. The Morgan fingerprint density at radius 2 is 0.804 bits per heavy atom. The average Bonchev–Trinajstić information content (AvgIpc) is 3.84. The van der Waals surface area contributed by atoms with Crippen LogP contribution in [0.15, 0.2) is 176 Å². The molecule has 4 aromatic heterocycles. The number of thiophene rings is 2. The predicted molar refractivity (Wildman–Crippen MR) is 234 cm³/mol. The normalized spacial score (nSPS) is 11.6. The van der Waals surface area contributed by atoms with Crippen LogP contribution in [0.3, 0.4) is 0 Å². The number of hydrogen-bond donors (Lipinski definition) is 0. The molecule has 0 aliphatic rings. The van der Waals surface area contributed by atoms with Crippen molar-refractivity contribution in [3.8, 4) is 67.5 Å². The molecule has 7 aromatic carbocycles. The molecule has 5 nitrogen and oxygen atoms in total. The SMILES string of the molecule is c1ccc(-c2nc(-c3cc(-c4ccc5sc6ccccc6c5c4)cc(-c4ccc5sc6ccccc6c5c4)c3)cc(-c3cccc(-c4ncncn4)c3)n2)cc1. The third-order valence-electron chi connectivity index (χ3n) is 10.3. The molecule has 0 spiro atoms. The van der Waals surface area contributed by atoms with Crippen LogP contribution >= 0.6 is 22.7 Å². The van der Waals surface area contributed by atoms with Crippen molar-refractivity contribution in [2.75, 3.05) is 0 Å². The molecule has 0 saturated carbocycles. The molecule has 0 unspecified atom stereocenters. The van der Waals surface area contributed by atoms with Crippen molar-refractivity contribution in [2.45, 2.75) is 0 Å². The maximum Gasteiger partial charge on any atom is 0.162 e. The Morgan fingerprint density at radius 3 is 1.45 bits per heavy atom. The van der Waals surface area contributed by atoms with Gasteiger partial charge in [0.25, 0.3) is 0 Å². The van der Waals surface area contributed by atoms with Gasteiger partial charge in [-0.15, -0.1) is 22.7 Å². The first kappa shape index (κ1) is 32.5. The first-order valence-corrected chi connectivity index (χ1v) is 20.0. The maximum atomic E-state index is 5.27. The van der Waals surface area contributed by atoms with Crippen LogP contribution in [0, 0.1) is 0 Å². The molecule has 0 amide bonds. The lowest BCUT2D eigenvalue weighted by Crippen LogP contribution is -1.97. The highest BCUT2D eigenvalue weighted by atomic mass is 32.1. The summed E-state index contributed by atoms with van der Waals surface area (Å²) in [6.07, 6.45) is 3.04. The van der Waals surface area contributed by atoms with Gasteiger partial charge in [0.05, 0.1) is 11.4 Å². The van der Waals surface area contributed by atoms with Gasteiger partial charge in [-0.3, -0.25) is 0 Å². The van der Waals surface area contributed by atoms with Gasteiger partial charge >= 0.3 is 0 Å². The van der Waals surface area contributed by atoms with Gasteiger partial charge in [0.1, 0.15) is 12.7 Å². The summed E-state index contributed by atoms with van der Waals surface area (Å²) in [6.45, 7) is 0. The van der Waals surface area contributed by atoms with Gasteiger partial charge in [0.15, 0.2) is 11.6 Å². The van der Waals surface area contributed by atoms with Crippen molar-refractivity contribution in [3.05, 3.63) is 176 Å². The summed E-state index contributed by atoms with van der Waals surface area (Å²) >= 11 is 3.68. The van der Waals surface area contributed by atoms with E-state index in [0.29, 0.717) is 11.6 Å². The zero-order chi connectivity index (χ0) is 37.0. The van der Waals surface area contributed by atoms with Crippen LogP contribution in [0.25, 0.3) is 108 Å². The van der Waals surface area contributed by atoms with E-state index in [1.807, 2.05) is 53.0 Å². The standard InChI is InChI=1S/C49H29N5S2/c1-2-9-30(10-3-1)49-53-42(33-11-8-12-34(21-33)48-51-28-50-29-52-48)27-43(54-49)37-23-35(31-17-19-46-40(25-31)38-13-4-6-15-44(38)55-46)22-36(24-37)32-18-20-47-41(26-32)39-14-5-7-16-45(39)56-47/h1-29H. The quantitative estimate of drug-likeness (QED) is 0.169. The van der Waals surface area contributed by atoms with E-state index in [0.717, 1.165) is 55.9 Å². The van der Waals surface area contributed by atoms with Crippen LogP contribution in [0.1, 0.15) is 0 Å². The van der Waals surface area contributed by atoms with Crippen LogP contribution < -0.4 is 0 Å². The number of hydrogen-bond acceptors (Lipinski definition) is 7. The predicted octanol–water partition coefficient (Wildman–Crippen LogP) is 13.4. The van der Waals surface area contributed by atoms with Crippen molar-refractivity contribution in [3.63, 3.8) is 0 Å². The van der Waals surface area contributed by atoms with E-state index in [2.05, 4.69) is 148 Å². The van der Waals surface area contributed by atoms with E-state index in [1.165, 1.54) is 53.0 Å². The summed E-state index contributed by atoms with van der Waals surface area (Å²) in [5.41, 5.74) is 10.0. The van der Waals surface area contributed by atoms with Gasteiger partial charge in [-0.1, -0.05) is 97.1 Å². The summed E-state index contributed by atoms with van der Waals surface area (Å²) < 4.78 is 5.17. The third-order valence-corrected chi connectivity index (χ3v) is 12.6. The highest BCUT2D eigenvalue weighted by Crippen LogP contribution is 2.41. The second kappa shape index (κ2) is 13.4. The summed E-state index contributed by atoms with van der Waals surface area (Å²) in [4.78, 5) is 23.2.